The van der Waals surface area contributed by atoms with E-state index in [1.165, 1.54) is 0 Å². The van der Waals surface area contributed by atoms with Gasteiger partial charge in [0.25, 0.3) is 0 Å². The van der Waals surface area contributed by atoms with Crippen LogP contribution in [0.25, 0.3) is 0 Å². The van der Waals surface area contributed by atoms with Crippen molar-refractivity contribution in [2.45, 2.75) is 13.8 Å². The summed E-state index contributed by atoms with van der Waals surface area (Å²) in [4.78, 5) is 10.8. The molecule has 1 aromatic rings. The van der Waals surface area contributed by atoms with Gasteiger partial charge in [0.2, 0.25) is 0 Å². The maximum Gasteiger partial charge on any atom is 0.151 e. The topological polar surface area (TPSA) is 26.3 Å². The molecule has 0 N–H and O–H groups in total. The molecule has 1 aromatic carbocycles. The average Bonchev–Trinajstić information content (AvgIpc) is 2.22. The van der Waals surface area contributed by atoms with E-state index in [2.05, 4.69) is 6.58 Å². The van der Waals surface area contributed by atoms with Crippen LogP contribution < -0.4 is 4.74 Å². The number of hydrogen-bond donors (Lipinski definition) is 0. The highest BCUT2D eigenvalue weighted by atomic mass is 35.5. The number of halogens is 1. The number of ether oxygens (including phenoxy) is 1. The molecule has 2 nitrogen and oxygen atoms in total. The van der Waals surface area contributed by atoms with Crippen molar-refractivity contribution in [3.05, 3.63) is 40.4 Å². The summed E-state index contributed by atoms with van der Waals surface area (Å²) in [5.74, 6) is 0.697. The molecule has 1 rings (SSSR count). The van der Waals surface area contributed by atoms with E-state index in [1.807, 2.05) is 13.8 Å². The molecule has 0 heterocycles. The highest BCUT2D eigenvalue weighted by Gasteiger charge is 2.11. The van der Waals surface area contributed by atoms with E-state index in [0.717, 1.165) is 17.4 Å². The number of benzene rings is 1. The second kappa shape index (κ2) is 4.99. The lowest BCUT2D eigenvalue weighted by molar-refractivity contribution is 0.112. The number of carbonyl (C=O) groups excluding carboxylic acids is 1. The van der Waals surface area contributed by atoms with Crippen LogP contribution in [0, 0.1) is 13.8 Å². The van der Waals surface area contributed by atoms with Crippen LogP contribution in [-0.4, -0.2) is 12.9 Å². The summed E-state index contributed by atoms with van der Waals surface area (Å²) < 4.78 is 5.43. The first kappa shape index (κ1) is 11.8. The molecule has 0 saturated carbocycles. The fraction of sp³-hybridized carbons (Fsp3) is 0.250. The Bertz CT molecular complexity index is 397. The van der Waals surface area contributed by atoms with Crippen molar-refractivity contribution in [2.75, 3.05) is 6.61 Å². The van der Waals surface area contributed by atoms with Crippen molar-refractivity contribution in [1.29, 1.82) is 0 Å². The summed E-state index contributed by atoms with van der Waals surface area (Å²) in [6.07, 6.45) is 2.43. The van der Waals surface area contributed by atoms with Crippen LogP contribution in [0.2, 0.25) is 5.02 Å². The highest BCUT2D eigenvalue weighted by Crippen LogP contribution is 2.29. The van der Waals surface area contributed by atoms with E-state index < -0.39 is 0 Å². The predicted molar refractivity (Wildman–Crippen MR) is 62.0 cm³/mol. The molecular weight excluding hydrogens is 212 g/mol. The Morgan fingerprint density at radius 3 is 2.67 bits per heavy atom. The second-order valence-corrected chi connectivity index (χ2v) is 3.64. The molecule has 0 bridgehead atoms. The maximum atomic E-state index is 10.8. The molecule has 0 spiro atoms. The van der Waals surface area contributed by atoms with Gasteiger partial charge in [0.15, 0.2) is 6.29 Å². The molecule has 0 unspecified atom stereocenters. The lowest BCUT2D eigenvalue weighted by Gasteiger charge is -2.12. The van der Waals surface area contributed by atoms with Crippen LogP contribution in [0.5, 0.6) is 5.75 Å². The Labute approximate surface area is 94.5 Å². The van der Waals surface area contributed by atoms with Crippen molar-refractivity contribution in [2.24, 2.45) is 0 Å². The Hall–Kier alpha value is -1.28. The smallest absolute Gasteiger partial charge is 0.151 e. The van der Waals surface area contributed by atoms with E-state index in [1.54, 1.807) is 12.1 Å². The van der Waals surface area contributed by atoms with Crippen molar-refractivity contribution < 1.29 is 9.53 Å². The van der Waals surface area contributed by atoms with Crippen LogP contribution in [0.1, 0.15) is 21.5 Å². The van der Waals surface area contributed by atoms with Gasteiger partial charge in [-0.3, -0.25) is 4.79 Å². The summed E-state index contributed by atoms with van der Waals surface area (Å²) in [5, 5.41) is 0.423. The number of aldehydes is 1. The van der Waals surface area contributed by atoms with Crippen molar-refractivity contribution >= 4 is 17.9 Å². The lowest BCUT2D eigenvalue weighted by atomic mass is 10.0. The van der Waals surface area contributed by atoms with Gasteiger partial charge in [-0.05, 0) is 31.0 Å². The van der Waals surface area contributed by atoms with Crippen LogP contribution in [-0.2, 0) is 0 Å². The molecule has 3 heteroatoms. The fourth-order valence-electron chi connectivity index (χ4n) is 1.31. The summed E-state index contributed by atoms with van der Waals surface area (Å²) in [6.45, 7) is 7.75. The van der Waals surface area contributed by atoms with Gasteiger partial charge in [0, 0.05) is 5.56 Å². The molecule has 0 aliphatic rings. The molecular formula is C12H13ClO2. The Balaban J connectivity index is 3.20. The number of carbonyl (C=O) groups is 1. The fourth-order valence-corrected chi connectivity index (χ4v) is 1.60. The van der Waals surface area contributed by atoms with Gasteiger partial charge >= 0.3 is 0 Å². The zero-order valence-electron chi connectivity index (χ0n) is 8.84. The molecule has 0 aliphatic carbocycles. The van der Waals surface area contributed by atoms with E-state index >= 15 is 0 Å². The Morgan fingerprint density at radius 2 is 2.13 bits per heavy atom. The van der Waals surface area contributed by atoms with Gasteiger partial charge < -0.3 is 4.74 Å². The molecule has 0 aromatic heterocycles. The third-order valence-electron chi connectivity index (χ3n) is 2.33. The summed E-state index contributed by atoms with van der Waals surface area (Å²) >= 11 is 5.95. The quantitative estimate of drug-likeness (QED) is 0.579. The number of hydrogen-bond acceptors (Lipinski definition) is 2. The summed E-state index contributed by atoms with van der Waals surface area (Å²) in [7, 11) is 0. The van der Waals surface area contributed by atoms with Gasteiger partial charge in [-0.25, -0.2) is 0 Å². The third-order valence-corrected chi connectivity index (χ3v) is 2.64. The molecule has 0 amide bonds. The molecule has 0 atom stereocenters. The van der Waals surface area contributed by atoms with Gasteiger partial charge in [0.05, 0.1) is 5.02 Å². The van der Waals surface area contributed by atoms with Crippen LogP contribution in [0.4, 0.5) is 0 Å². The Morgan fingerprint density at radius 1 is 1.47 bits per heavy atom. The van der Waals surface area contributed by atoms with Gasteiger partial charge in [0.1, 0.15) is 12.4 Å². The van der Waals surface area contributed by atoms with Gasteiger partial charge in [-0.1, -0.05) is 24.3 Å². The first-order valence-corrected chi connectivity index (χ1v) is 4.98. The third kappa shape index (κ3) is 2.39. The molecule has 80 valence electrons. The van der Waals surface area contributed by atoms with Crippen LogP contribution in [0.3, 0.4) is 0 Å². The second-order valence-electron chi connectivity index (χ2n) is 3.24. The minimum atomic E-state index is 0.423. The van der Waals surface area contributed by atoms with E-state index in [-0.39, 0.29) is 0 Å². The monoisotopic (exact) mass is 224 g/mol. The minimum Gasteiger partial charge on any atom is -0.489 e. The average molecular weight is 225 g/mol. The van der Waals surface area contributed by atoms with E-state index in [9.17, 15) is 4.79 Å². The lowest BCUT2D eigenvalue weighted by Crippen LogP contribution is -1.99. The predicted octanol–water partition coefficient (Wildman–Crippen LogP) is 3.33. The zero-order valence-corrected chi connectivity index (χ0v) is 9.60. The molecule has 15 heavy (non-hydrogen) atoms. The summed E-state index contributed by atoms with van der Waals surface area (Å²) in [5.41, 5.74) is 2.32. The van der Waals surface area contributed by atoms with E-state index in [0.29, 0.717) is 22.9 Å². The maximum absolute atomic E-state index is 10.8. The van der Waals surface area contributed by atoms with Crippen molar-refractivity contribution in [1.82, 2.24) is 0 Å². The minimum absolute atomic E-state index is 0.423. The largest absolute Gasteiger partial charge is 0.489 e. The van der Waals surface area contributed by atoms with Gasteiger partial charge in [-0.15, -0.1) is 0 Å². The molecule has 0 saturated heterocycles. The van der Waals surface area contributed by atoms with Crippen molar-refractivity contribution in [3.8, 4) is 5.75 Å². The molecule has 0 fully saturated rings. The SMILES string of the molecule is C=CCOc1cc(Cl)c(C=O)c(C)c1C. The summed E-state index contributed by atoms with van der Waals surface area (Å²) in [6, 6.07) is 1.66. The van der Waals surface area contributed by atoms with Gasteiger partial charge in [-0.2, -0.15) is 0 Å². The van der Waals surface area contributed by atoms with Crippen LogP contribution >= 0.6 is 11.6 Å². The normalized spacial score (nSPS) is 9.80. The Kier molecular flexibility index (Phi) is 3.92. The van der Waals surface area contributed by atoms with E-state index in [4.69, 9.17) is 16.3 Å². The first-order valence-electron chi connectivity index (χ1n) is 4.60. The molecule has 0 radical (unpaired) electrons. The standard InChI is InChI=1S/C12H13ClO2/c1-4-5-15-12-6-11(13)10(7-14)8(2)9(12)3/h4,6-7H,1,5H2,2-3H3. The highest BCUT2D eigenvalue weighted by molar-refractivity contribution is 6.33. The zero-order chi connectivity index (χ0) is 11.4. The van der Waals surface area contributed by atoms with Crippen LogP contribution in [0.15, 0.2) is 18.7 Å². The van der Waals surface area contributed by atoms with Crippen molar-refractivity contribution in [3.63, 3.8) is 0 Å². The first-order chi connectivity index (χ1) is 7.11. The number of rotatable bonds is 4. The molecule has 0 aliphatic heterocycles.